The molecule has 130 valence electrons. The first-order valence-corrected chi connectivity index (χ1v) is 9.07. The number of amides is 2. The number of nitrogens with one attached hydrogen (secondary N) is 2. The van der Waals surface area contributed by atoms with Gasteiger partial charge in [0.05, 0.1) is 6.54 Å². The summed E-state index contributed by atoms with van der Waals surface area (Å²) in [4.78, 5) is 26.6. The monoisotopic (exact) mass is 329 g/mol. The Hall–Kier alpha value is -1.88. The Labute approximate surface area is 143 Å². The second-order valence-electron chi connectivity index (χ2n) is 6.86. The number of carbonyl (C=O) groups excluding carboxylic acids is 2. The standard InChI is InChI=1S/C19H27N3O2/c23-18(21-17-10-4-5-11-20-19(17)24)14-22-12-6-9-16(22)13-15-7-2-1-3-8-15/h1-3,7-8,16-17H,4-6,9-14H2,(H,20,24)(H,21,23)/t16-,17+/m0/s1. The Bertz CT molecular complexity index is 561. The first-order valence-electron chi connectivity index (χ1n) is 9.07. The topological polar surface area (TPSA) is 61.4 Å². The molecule has 2 atom stereocenters. The minimum atomic E-state index is -0.366. The van der Waals surface area contributed by atoms with Gasteiger partial charge in [-0.15, -0.1) is 0 Å². The largest absolute Gasteiger partial charge is 0.354 e. The molecule has 0 radical (unpaired) electrons. The van der Waals surface area contributed by atoms with Crippen LogP contribution in [0, 0.1) is 0 Å². The van der Waals surface area contributed by atoms with E-state index in [2.05, 4.69) is 39.8 Å². The zero-order valence-corrected chi connectivity index (χ0v) is 14.2. The second-order valence-corrected chi connectivity index (χ2v) is 6.86. The molecule has 3 rings (SSSR count). The van der Waals surface area contributed by atoms with Crippen molar-refractivity contribution in [2.24, 2.45) is 0 Å². The molecule has 5 nitrogen and oxygen atoms in total. The van der Waals surface area contributed by atoms with Crippen LogP contribution in [0.4, 0.5) is 0 Å². The van der Waals surface area contributed by atoms with Gasteiger partial charge in [0.2, 0.25) is 11.8 Å². The number of nitrogens with zero attached hydrogens (tertiary/aromatic N) is 1. The van der Waals surface area contributed by atoms with E-state index < -0.39 is 0 Å². The summed E-state index contributed by atoms with van der Waals surface area (Å²) >= 11 is 0. The molecule has 2 amide bonds. The maximum atomic E-state index is 12.4. The van der Waals surface area contributed by atoms with Crippen LogP contribution >= 0.6 is 0 Å². The second kappa shape index (κ2) is 8.29. The first-order chi connectivity index (χ1) is 11.7. The lowest BCUT2D eigenvalue weighted by Crippen LogP contribution is -2.49. The maximum Gasteiger partial charge on any atom is 0.242 e. The van der Waals surface area contributed by atoms with E-state index in [-0.39, 0.29) is 17.9 Å². The van der Waals surface area contributed by atoms with Gasteiger partial charge < -0.3 is 10.6 Å². The van der Waals surface area contributed by atoms with Crippen LogP contribution in [0.5, 0.6) is 0 Å². The van der Waals surface area contributed by atoms with Crippen LogP contribution < -0.4 is 10.6 Å². The summed E-state index contributed by atoms with van der Waals surface area (Å²) in [5.41, 5.74) is 1.32. The molecule has 2 aliphatic rings. The quantitative estimate of drug-likeness (QED) is 0.860. The molecular weight excluding hydrogens is 302 g/mol. The van der Waals surface area contributed by atoms with Crippen molar-refractivity contribution < 1.29 is 9.59 Å². The Morgan fingerprint density at radius 1 is 1.17 bits per heavy atom. The molecule has 0 bridgehead atoms. The van der Waals surface area contributed by atoms with Gasteiger partial charge in [-0.1, -0.05) is 30.3 Å². The van der Waals surface area contributed by atoms with E-state index in [9.17, 15) is 9.59 Å². The molecular formula is C19H27N3O2. The van der Waals surface area contributed by atoms with E-state index >= 15 is 0 Å². The molecule has 0 aromatic heterocycles. The van der Waals surface area contributed by atoms with Crippen molar-refractivity contribution in [3.8, 4) is 0 Å². The van der Waals surface area contributed by atoms with Crippen molar-refractivity contribution in [2.75, 3.05) is 19.6 Å². The first kappa shape index (κ1) is 17.0. The number of likely N-dealkylation sites (tertiary alicyclic amines) is 1. The van der Waals surface area contributed by atoms with Crippen LogP contribution in [0.25, 0.3) is 0 Å². The average molecular weight is 329 g/mol. The number of rotatable bonds is 5. The van der Waals surface area contributed by atoms with E-state index in [0.717, 1.165) is 51.6 Å². The lowest BCUT2D eigenvalue weighted by Gasteiger charge is -2.25. The highest BCUT2D eigenvalue weighted by atomic mass is 16.2. The van der Waals surface area contributed by atoms with Gasteiger partial charge in [-0.05, 0) is 50.6 Å². The van der Waals surface area contributed by atoms with Crippen molar-refractivity contribution in [3.63, 3.8) is 0 Å². The van der Waals surface area contributed by atoms with Crippen LogP contribution in [0.2, 0.25) is 0 Å². The van der Waals surface area contributed by atoms with Crippen LogP contribution in [0.1, 0.15) is 37.7 Å². The summed E-state index contributed by atoms with van der Waals surface area (Å²) in [6.07, 6.45) is 5.96. The van der Waals surface area contributed by atoms with Crippen molar-refractivity contribution in [2.45, 2.75) is 50.6 Å². The van der Waals surface area contributed by atoms with Gasteiger partial charge in [-0.2, -0.15) is 0 Å². The van der Waals surface area contributed by atoms with Crippen molar-refractivity contribution >= 4 is 11.8 Å². The van der Waals surface area contributed by atoms with E-state index in [4.69, 9.17) is 0 Å². The normalized spacial score (nSPS) is 25.1. The van der Waals surface area contributed by atoms with Crippen molar-refractivity contribution in [3.05, 3.63) is 35.9 Å². The molecule has 2 heterocycles. The third-order valence-electron chi connectivity index (χ3n) is 5.03. The molecule has 2 aliphatic heterocycles. The van der Waals surface area contributed by atoms with E-state index in [0.29, 0.717) is 12.6 Å². The summed E-state index contributed by atoms with van der Waals surface area (Å²) in [6, 6.07) is 10.5. The molecule has 5 heteroatoms. The predicted octanol–water partition coefficient (Wildman–Crippen LogP) is 1.48. The van der Waals surface area contributed by atoms with E-state index in [1.54, 1.807) is 0 Å². The summed E-state index contributed by atoms with van der Waals surface area (Å²) < 4.78 is 0. The van der Waals surface area contributed by atoms with Crippen LogP contribution in [0.15, 0.2) is 30.3 Å². The summed E-state index contributed by atoms with van der Waals surface area (Å²) in [6.45, 7) is 2.07. The highest BCUT2D eigenvalue weighted by Gasteiger charge is 2.28. The molecule has 1 aromatic rings. The van der Waals surface area contributed by atoms with Crippen LogP contribution in [-0.2, 0) is 16.0 Å². The lowest BCUT2D eigenvalue weighted by atomic mass is 10.0. The fraction of sp³-hybridized carbons (Fsp3) is 0.579. The van der Waals surface area contributed by atoms with Gasteiger partial charge in [0.15, 0.2) is 0 Å². The van der Waals surface area contributed by atoms with Gasteiger partial charge in [0.25, 0.3) is 0 Å². The molecule has 24 heavy (non-hydrogen) atoms. The highest BCUT2D eigenvalue weighted by Crippen LogP contribution is 2.20. The zero-order valence-electron chi connectivity index (χ0n) is 14.2. The Balaban J connectivity index is 1.52. The SMILES string of the molecule is O=C(CN1CCC[C@H]1Cc1ccccc1)N[C@@H]1CCCCNC1=O. The maximum absolute atomic E-state index is 12.4. The lowest BCUT2D eigenvalue weighted by molar-refractivity contribution is -0.129. The summed E-state index contributed by atoms with van der Waals surface area (Å²) in [5.74, 6) is -0.0693. The third-order valence-corrected chi connectivity index (χ3v) is 5.03. The number of hydrogen-bond acceptors (Lipinski definition) is 3. The zero-order chi connectivity index (χ0) is 16.8. The number of hydrogen-bond donors (Lipinski definition) is 2. The minimum Gasteiger partial charge on any atom is -0.354 e. The van der Waals surface area contributed by atoms with Gasteiger partial charge in [-0.3, -0.25) is 14.5 Å². The van der Waals surface area contributed by atoms with Gasteiger partial charge in [0.1, 0.15) is 6.04 Å². The van der Waals surface area contributed by atoms with Crippen LogP contribution in [-0.4, -0.2) is 48.4 Å². The number of benzene rings is 1. The Kier molecular flexibility index (Phi) is 5.86. The van der Waals surface area contributed by atoms with Crippen molar-refractivity contribution in [1.82, 2.24) is 15.5 Å². The number of carbonyl (C=O) groups is 2. The Morgan fingerprint density at radius 3 is 2.83 bits per heavy atom. The van der Waals surface area contributed by atoms with Gasteiger partial charge in [-0.25, -0.2) is 0 Å². The Morgan fingerprint density at radius 2 is 2.00 bits per heavy atom. The minimum absolute atomic E-state index is 0.0305. The molecule has 0 unspecified atom stereocenters. The molecule has 0 saturated carbocycles. The van der Waals surface area contributed by atoms with Crippen LogP contribution in [0.3, 0.4) is 0 Å². The molecule has 2 saturated heterocycles. The molecule has 2 N–H and O–H groups in total. The van der Waals surface area contributed by atoms with Crippen molar-refractivity contribution in [1.29, 1.82) is 0 Å². The summed E-state index contributed by atoms with van der Waals surface area (Å²) in [7, 11) is 0. The fourth-order valence-corrected chi connectivity index (χ4v) is 3.72. The van der Waals surface area contributed by atoms with E-state index in [1.807, 2.05) is 6.07 Å². The smallest absolute Gasteiger partial charge is 0.242 e. The molecule has 2 fully saturated rings. The predicted molar refractivity (Wildman–Crippen MR) is 93.5 cm³/mol. The highest BCUT2D eigenvalue weighted by molar-refractivity contribution is 5.88. The van der Waals surface area contributed by atoms with E-state index in [1.165, 1.54) is 5.56 Å². The third kappa shape index (κ3) is 4.57. The van der Waals surface area contributed by atoms with Gasteiger partial charge in [0, 0.05) is 12.6 Å². The molecule has 0 aliphatic carbocycles. The van der Waals surface area contributed by atoms with Gasteiger partial charge >= 0.3 is 0 Å². The molecule has 0 spiro atoms. The molecule has 1 aromatic carbocycles. The average Bonchev–Trinajstić information content (AvgIpc) is 2.90. The fourth-order valence-electron chi connectivity index (χ4n) is 3.72. The summed E-state index contributed by atoms with van der Waals surface area (Å²) in [5, 5.41) is 5.80.